The second-order valence-electron chi connectivity index (χ2n) is 6.78. The van der Waals surface area contributed by atoms with Gasteiger partial charge in [0.05, 0.1) is 17.0 Å². The lowest BCUT2D eigenvalue weighted by Gasteiger charge is -2.24. The van der Waals surface area contributed by atoms with Gasteiger partial charge in [0.15, 0.2) is 0 Å². The van der Waals surface area contributed by atoms with Crippen LogP contribution in [0, 0.1) is 5.82 Å². The van der Waals surface area contributed by atoms with Crippen molar-refractivity contribution in [1.82, 2.24) is 15.3 Å². The highest BCUT2D eigenvalue weighted by molar-refractivity contribution is 6.31. The molecule has 2 heterocycles. The Balaban J connectivity index is 1.35. The number of hydrogen-bond donors (Lipinski definition) is 3. The van der Waals surface area contributed by atoms with Gasteiger partial charge in [-0.25, -0.2) is 9.37 Å². The molecule has 1 aliphatic heterocycles. The normalized spacial score (nSPS) is 15.9. The predicted octanol–water partition coefficient (Wildman–Crippen LogP) is 3.53. The fraction of sp³-hybridized carbons (Fsp3) is 0.250. The zero-order valence-corrected chi connectivity index (χ0v) is 15.6. The first kappa shape index (κ1) is 18.4. The van der Waals surface area contributed by atoms with Crippen LogP contribution in [0.15, 0.2) is 36.4 Å². The lowest BCUT2D eigenvalue weighted by atomic mass is 9.89. The van der Waals surface area contributed by atoms with Gasteiger partial charge in [-0.15, -0.1) is 0 Å². The molecule has 1 atom stereocenters. The standard InChI is InChI=1S/C20H18ClFN4O2/c21-11-3-5-16-17(8-11)25-18(24-16)2-1-7-23-20(28)14-10-19(27)26-15-6-4-12(22)9-13(14)15/h3-6,8-9,14H,1-2,7,10H2,(H,23,28)(H,24,25)(H,26,27)/t14-/m0/s1. The van der Waals surface area contributed by atoms with Gasteiger partial charge in [0.1, 0.15) is 11.6 Å². The number of anilines is 1. The number of amides is 2. The molecule has 3 N–H and O–H groups in total. The minimum absolute atomic E-state index is 0.00657. The molecular weight excluding hydrogens is 383 g/mol. The largest absolute Gasteiger partial charge is 0.356 e. The molecule has 28 heavy (non-hydrogen) atoms. The second kappa shape index (κ2) is 7.59. The van der Waals surface area contributed by atoms with Crippen LogP contribution >= 0.6 is 11.6 Å². The molecule has 1 aromatic heterocycles. The summed E-state index contributed by atoms with van der Waals surface area (Å²) in [7, 11) is 0. The summed E-state index contributed by atoms with van der Waals surface area (Å²) in [5.41, 5.74) is 2.71. The number of aromatic amines is 1. The van der Waals surface area contributed by atoms with E-state index in [1.807, 2.05) is 12.1 Å². The molecule has 0 radical (unpaired) electrons. The van der Waals surface area contributed by atoms with Gasteiger partial charge in [0, 0.05) is 30.1 Å². The Kier molecular flexibility index (Phi) is 5.00. The van der Waals surface area contributed by atoms with Crippen LogP contribution in [0.5, 0.6) is 0 Å². The number of nitrogens with zero attached hydrogens (tertiary/aromatic N) is 1. The van der Waals surface area contributed by atoms with Gasteiger partial charge in [-0.2, -0.15) is 0 Å². The van der Waals surface area contributed by atoms with E-state index >= 15 is 0 Å². The van der Waals surface area contributed by atoms with Gasteiger partial charge < -0.3 is 15.6 Å². The molecule has 144 valence electrons. The molecule has 0 saturated heterocycles. The summed E-state index contributed by atoms with van der Waals surface area (Å²) in [6, 6.07) is 9.51. The summed E-state index contributed by atoms with van der Waals surface area (Å²) in [5, 5.41) is 6.15. The summed E-state index contributed by atoms with van der Waals surface area (Å²) in [5.74, 6) is -0.834. The number of aryl methyl sites for hydroxylation is 1. The maximum Gasteiger partial charge on any atom is 0.228 e. The number of imidazole rings is 1. The minimum atomic E-state index is -0.687. The number of hydrogen-bond acceptors (Lipinski definition) is 3. The van der Waals surface area contributed by atoms with Gasteiger partial charge >= 0.3 is 0 Å². The highest BCUT2D eigenvalue weighted by Gasteiger charge is 2.30. The molecule has 0 saturated carbocycles. The van der Waals surface area contributed by atoms with Crippen LogP contribution in [0.3, 0.4) is 0 Å². The number of aromatic nitrogens is 2. The Hall–Kier alpha value is -2.93. The summed E-state index contributed by atoms with van der Waals surface area (Å²) < 4.78 is 13.6. The lowest BCUT2D eigenvalue weighted by molar-refractivity contribution is -0.126. The zero-order chi connectivity index (χ0) is 19.7. The highest BCUT2D eigenvalue weighted by atomic mass is 35.5. The molecule has 0 spiro atoms. The molecule has 4 rings (SSSR count). The Morgan fingerprint density at radius 3 is 3.00 bits per heavy atom. The number of rotatable bonds is 5. The second-order valence-corrected chi connectivity index (χ2v) is 7.21. The number of benzene rings is 2. The van der Waals surface area contributed by atoms with Gasteiger partial charge in [0.2, 0.25) is 11.8 Å². The molecule has 0 fully saturated rings. The molecule has 0 bridgehead atoms. The smallest absolute Gasteiger partial charge is 0.228 e. The average Bonchev–Trinajstić information content (AvgIpc) is 3.06. The molecule has 2 amide bonds. The van der Waals surface area contributed by atoms with Crippen molar-refractivity contribution in [3.05, 3.63) is 58.6 Å². The topological polar surface area (TPSA) is 86.9 Å². The van der Waals surface area contributed by atoms with Crippen molar-refractivity contribution >= 4 is 40.1 Å². The maximum atomic E-state index is 13.6. The van der Waals surface area contributed by atoms with Gasteiger partial charge in [0.25, 0.3) is 0 Å². The Bertz CT molecular complexity index is 1070. The van der Waals surface area contributed by atoms with Crippen molar-refractivity contribution < 1.29 is 14.0 Å². The average molecular weight is 401 g/mol. The first-order chi connectivity index (χ1) is 13.5. The van der Waals surface area contributed by atoms with E-state index in [2.05, 4.69) is 20.6 Å². The van der Waals surface area contributed by atoms with Gasteiger partial charge in [-0.1, -0.05) is 11.6 Å². The van der Waals surface area contributed by atoms with Crippen molar-refractivity contribution in [3.63, 3.8) is 0 Å². The monoisotopic (exact) mass is 400 g/mol. The molecule has 8 heteroatoms. The van der Waals surface area contributed by atoms with E-state index in [0.717, 1.165) is 16.9 Å². The van der Waals surface area contributed by atoms with Crippen LogP contribution in [0.1, 0.15) is 30.1 Å². The minimum Gasteiger partial charge on any atom is -0.356 e. The van der Waals surface area contributed by atoms with E-state index in [4.69, 9.17) is 11.6 Å². The fourth-order valence-corrected chi connectivity index (χ4v) is 3.58. The molecule has 3 aromatic rings. The third kappa shape index (κ3) is 3.84. The quantitative estimate of drug-likeness (QED) is 0.572. The fourth-order valence-electron chi connectivity index (χ4n) is 3.41. The Morgan fingerprint density at radius 2 is 2.14 bits per heavy atom. The van der Waals surface area contributed by atoms with Crippen LogP contribution in [-0.4, -0.2) is 28.3 Å². The maximum absolute atomic E-state index is 13.6. The summed E-state index contributed by atoms with van der Waals surface area (Å²) in [6.45, 7) is 0.430. The zero-order valence-electron chi connectivity index (χ0n) is 14.9. The van der Waals surface area contributed by atoms with Crippen LogP contribution in [-0.2, 0) is 16.0 Å². The van der Waals surface area contributed by atoms with E-state index in [1.165, 1.54) is 18.2 Å². The number of H-pyrrole nitrogens is 1. The van der Waals surface area contributed by atoms with E-state index in [1.54, 1.807) is 6.07 Å². The number of fused-ring (bicyclic) bond motifs is 2. The summed E-state index contributed by atoms with van der Waals surface area (Å²) >= 11 is 5.97. The van der Waals surface area contributed by atoms with Gasteiger partial charge in [-0.05, 0) is 48.4 Å². The third-order valence-electron chi connectivity index (χ3n) is 4.75. The van der Waals surface area contributed by atoms with Crippen molar-refractivity contribution in [2.24, 2.45) is 0 Å². The third-order valence-corrected chi connectivity index (χ3v) is 4.99. The number of halogens is 2. The molecule has 0 aliphatic carbocycles. The van der Waals surface area contributed by atoms with E-state index < -0.39 is 11.7 Å². The first-order valence-corrected chi connectivity index (χ1v) is 9.38. The molecular formula is C20H18ClFN4O2. The van der Waals surface area contributed by atoms with E-state index in [0.29, 0.717) is 35.7 Å². The molecule has 1 aliphatic rings. The van der Waals surface area contributed by atoms with Crippen LogP contribution in [0.4, 0.5) is 10.1 Å². The van der Waals surface area contributed by atoms with Gasteiger partial charge in [-0.3, -0.25) is 9.59 Å². The van der Waals surface area contributed by atoms with Crippen LogP contribution < -0.4 is 10.6 Å². The van der Waals surface area contributed by atoms with Crippen molar-refractivity contribution in [2.45, 2.75) is 25.2 Å². The molecule has 6 nitrogen and oxygen atoms in total. The first-order valence-electron chi connectivity index (χ1n) is 9.01. The van der Waals surface area contributed by atoms with Crippen molar-refractivity contribution in [2.75, 3.05) is 11.9 Å². The van der Waals surface area contributed by atoms with Crippen LogP contribution in [0.25, 0.3) is 11.0 Å². The predicted molar refractivity (Wildman–Crippen MR) is 105 cm³/mol. The van der Waals surface area contributed by atoms with Crippen molar-refractivity contribution in [3.8, 4) is 0 Å². The number of carbonyl (C=O) groups excluding carboxylic acids is 2. The van der Waals surface area contributed by atoms with E-state index in [9.17, 15) is 14.0 Å². The van der Waals surface area contributed by atoms with E-state index in [-0.39, 0.29) is 18.2 Å². The highest BCUT2D eigenvalue weighted by Crippen LogP contribution is 2.32. The molecule has 2 aromatic carbocycles. The lowest BCUT2D eigenvalue weighted by Crippen LogP contribution is -2.35. The number of nitrogens with one attached hydrogen (secondary N) is 3. The Morgan fingerprint density at radius 1 is 1.29 bits per heavy atom. The Labute approximate surface area is 165 Å². The molecule has 0 unspecified atom stereocenters. The summed E-state index contributed by atoms with van der Waals surface area (Å²) in [4.78, 5) is 32.1. The summed E-state index contributed by atoms with van der Waals surface area (Å²) in [6.07, 6.45) is 1.34. The van der Waals surface area contributed by atoms with Crippen LogP contribution in [0.2, 0.25) is 5.02 Å². The van der Waals surface area contributed by atoms with Crippen molar-refractivity contribution in [1.29, 1.82) is 0 Å². The number of carbonyl (C=O) groups is 2. The SMILES string of the molecule is O=C1C[C@H](C(=O)NCCCc2nc3ccc(Cl)cc3[nH]2)c2cc(F)ccc2N1.